The second-order valence-electron chi connectivity index (χ2n) is 4.91. The van der Waals surface area contributed by atoms with Gasteiger partial charge in [-0.05, 0) is 36.5 Å². The maximum Gasteiger partial charge on any atom is 0.0958 e. The van der Waals surface area contributed by atoms with Crippen LogP contribution < -0.4 is 5.32 Å². The second-order valence-corrected chi connectivity index (χ2v) is 5.89. The van der Waals surface area contributed by atoms with Crippen LogP contribution in [-0.2, 0) is 6.54 Å². The van der Waals surface area contributed by atoms with Crippen LogP contribution in [0.3, 0.4) is 0 Å². The summed E-state index contributed by atoms with van der Waals surface area (Å²) in [5.74, 6) is 0. The molecule has 0 saturated heterocycles. The van der Waals surface area contributed by atoms with Crippen molar-refractivity contribution >= 4 is 22.4 Å². The lowest BCUT2D eigenvalue weighted by molar-refractivity contribution is 0.475. The van der Waals surface area contributed by atoms with Crippen molar-refractivity contribution in [2.45, 2.75) is 25.9 Å². The van der Waals surface area contributed by atoms with E-state index in [1.54, 1.807) is 0 Å². The minimum atomic E-state index is 0.354. The molecule has 0 aliphatic rings. The zero-order chi connectivity index (χ0) is 13.8. The fourth-order valence-corrected chi connectivity index (χ4v) is 3.21. The lowest BCUT2D eigenvalue weighted by atomic mass is 10.2. The minimum absolute atomic E-state index is 0.354. The smallest absolute Gasteiger partial charge is 0.0958 e. The van der Waals surface area contributed by atoms with E-state index in [-0.39, 0.29) is 0 Å². The first-order valence-electron chi connectivity index (χ1n) is 7.05. The first kappa shape index (κ1) is 13.3. The molecule has 0 saturated carbocycles. The SMILES string of the molecule is CCCNC(Cn1cnc2ccccc21)c1cccs1. The fraction of sp³-hybridized carbons (Fsp3) is 0.312. The van der Waals surface area contributed by atoms with Gasteiger partial charge in [-0.2, -0.15) is 0 Å². The number of rotatable bonds is 6. The van der Waals surface area contributed by atoms with Gasteiger partial charge in [0, 0.05) is 11.4 Å². The molecule has 20 heavy (non-hydrogen) atoms. The molecule has 3 rings (SSSR count). The van der Waals surface area contributed by atoms with Crippen LogP contribution >= 0.6 is 11.3 Å². The third-order valence-electron chi connectivity index (χ3n) is 3.43. The molecule has 4 heteroatoms. The zero-order valence-corrected chi connectivity index (χ0v) is 12.4. The molecule has 0 amide bonds. The number of hydrogen-bond acceptors (Lipinski definition) is 3. The lowest BCUT2D eigenvalue weighted by Crippen LogP contribution is -2.25. The molecule has 0 spiro atoms. The average Bonchev–Trinajstić information content (AvgIpc) is 3.13. The molecule has 1 N–H and O–H groups in total. The summed E-state index contributed by atoms with van der Waals surface area (Å²) in [5, 5.41) is 5.78. The van der Waals surface area contributed by atoms with Crippen LogP contribution in [0.25, 0.3) is 11.0 Å². The summed E-state index contributed by atoms with van der Waals surface area (Å²) in [5.41, 5.74) is 2.26. The number of para-hydroxylation sites is 2. The number of nitrogens with one attached hydrogen (secondary N) is 1. The molecular formula is C16H19N3S. The van der Waals surface area contributed by atoms with Gasteiger partial charge in [0.15, 0.2) is 0 Å². The summed E-state index contributed by atoms with van der Waals surface area (Å²) in [6, 6.07) is 13.0. The van der Waals surface area contributed by atoms with Gasteiger partial charge in [-0.25, -0.2) is 4.98 Å². The highest BCUT2D eigenvalue weighted by molar-refractivity contribution is 7.10. The van der Waals surface area contributed by atoms with Gasteiger partial charge < -0.3 is 9.88 Å². The molecule has 104 valence electrons. The standard InChI is InChI=1S/C16H19N3S/c1-2-9-17-14(16-8-5-10-20-16)11-19-12-18-13-6-3-4-7-15(13)19/h3-8,10,12,14,17H,2,9,11H2,1H3. The van der Waals surface area contributed by atoms with Gasteiger partial charge in [0.1, 0.15) is 0 Å². The quantitative estimate of drug-likeness (QED) is 0.746. The topological polar surface area (TPSA) is 29.9 Å². The summed E-state index contributed by atoms with van der Waals surface area (Å²) in [6.45, 7) is 4.15. The van der Waals surface area contributed by atoms with Gasteiger partial charge >= 0.3 is 0 Å². The molecule has 3 aromatic rings. The van der Waals surface area contributed by atoms with Gasteiger partial charge in [0.05, 0.1) is 23.4 Å². The molecule has 3 nitrogen and oxygen atoms in total. The molecule has 0 radical (unpaired) electrons. The third-order valence-corrected chi connectivity index (χ3v) is 4.42. The van der Waals surface area contributed by atoms with Crippen molar-refractivity contribution < 1.29 is 0 Å². The molecule has 0 aliphatic carbocycles. The molecule has 2 aromatic heterocycles. The number of benzene rings is 1. The maximum atomic E-state index is 4.47. The van der Waals surface area contributed by atoms with Crippen LogP contribution in [0.1, 0.15) is 24.3 Å². The van der Waals surface area contributed by atoms with Crippen LogP contribution in [0.15, 0.2) is 48.1 Å². The Morgan fingerprint density at radius 2 is 2.15 bits per heavy atom. The highest BCUT2D eigenvalue weighted by Gasteiger charge is 2.13. The first-order chi connectivity index (χ1) is 9.88. The molecule has 1 atom stereocenters. The maximum absolute atomic E-state index is 4.47. The Bertz CT molecular complexity index is 657. The van der Waals surface area contributed by atoms with Gasteiger partial charge in [-0.1, -0.05) is 25.1 Å². The molecule has 1 unspecified atom stereocenters. The zero-order valence-electron chi connectivity index (χ0n) is 11.6. The highest BCUT2D eigenvalue weighted by Crippen LogP contribution is 2.22. The normalized spacial score (nSPS) is 12.8. The van der Waals surface area contributed by atoms with E-state index < -0.39 is 0 Å². The van der Waals surface area contributed by atoms with Gasteiger partial charge in [-0.3, -0.25) is 0 Å². The van der Waals surface area contributed by atoms with Crippen molar-refractivity contribution in [1.29, 1.82) is 0 Å². The fourth-order valence-electron chi connectivity index (χ4n) is 2.42. The first-order valence-corrected chi connectivity index (χ1v) is 7.93. The Labute approximate surface area is 123 Å². The molecule has 0 fully saturated rings. The van der Waals surface area contributed by atoms with Crippen LogP contribution in [0.4, 0.5) is 0 Å². The number of hydrogen-bond donors (Lipinski definition) is 1. The van der Waals surface area contributed by atoms with Crippen molar-refractivity contribution in [2.24, 2.45) is 0 Å². The Hall–Kier alpha value is -1.65. The van der Waals surface area contributed by atoms with Gasteiger partial charge in [-0.15, -0.1) is 11.3 Å². The van der Waals surface area contributed by atoms with Gasteiger partial charge in [0.25, 0.3) is 0 Å². The van der Waals surface area contributed by atoms with E-state index >= 15 is 0 Å². The number of nitrogens with zero attached hydrogens (tertiary/aromatic N) is 2. The number of imidazole rings is 1. The van der Waals surface area contributed by atoms with Crippen molar-refractivity contribution in [3.05, 3.63) is 53.0 Å². The number of thiophene rings is 1. The average molecular weight is 285 g/mol. The molecule has 2 heterocycles. The van der Waals surface area contributed by atoms with E-state index in [4.69, 9.17) is 0 Å². The Balaban J connectivity index is 1.85. The van der Waals surface area contributed by atoms with Crippen molar-refractivity contribution in [3.8, 4) is 0 Å². The van der Waals surface area contributed by atoms with Crippen molar-refractivity contribution in [2.75, 3.05) is 6.54 Å². The van der Waals surface area contributed by atoms with E-state index in [0.717, 1.165) is 25.0 Å². The predicted octanol–water partition coefficient (Wildman–Crippen LogP) is 3.84. The summed E-state index contributed by atoms with van der Waals surface area (Å²) in [7, 11) is 0. The molecular weight excluding hydrogens is 266 g/mol. The van der Waals surface area contributed by atoms with E-state index in [9.17, 15) is 0 Å². The van der Waals surface area contributed by atoms with E-state index in [2.05, 4.69) is 57.5 Å². The van der Waals surface area contributed by atoms with E-state index in [1.165, 1.54) is 10.4 Å². The van der Waals surface area contributed by atoms with Crippen LogP contribution in [-0.4, -0.2) is 16.1 Å². The molecule has 1 aromatic carbocycles. The Morgan fingerprint density at radius 1 is 1.25 bits per heavy atom. The van der Waals surface area contributed by atoms with Crippen molar-refractivity contribution in [1.82, 2.24) is 14.9 Å². The Morgan fingerprint density at radius 3 is 2.95 bits per heavy atom. The number of fused-ring (bicyclic) bond motifs is 1. The van der Waals surface area contributed by atoms with Gasteiger partial charge in [0.2, 0.25) is 0 Å². The second kappa shape index (κ2) is 6.20. The molecule has 0 aliphatic heterocycles. The third kappa shape index (κ3) is 2.76. The highest BCUT2D eigenvalue weighted by atomic mass is 32.1. The predicted molar refractivity (Wildman–Crippen MR) is 85.1 cm³/mol. The van der Waals surface area contributed by atoms with Crippen molar-refractivity contribution in [3.63, 3.8) is 0 Å². The monoisotopic (exact) mass is 285 g/mol. The summed E-state index contributed by atoms with van der Waals surface area (Å²) in [6.07, 6.45) is 3.09. The van der Waals surface area contributed by atoms with Crippen LogP contribution in [0.5, 0.6) is 0 Å². The molecule has 0 bridgehead atoms. The Kier molecular flexibility index (Phi) is 4.14. The number of aromatic nitrogens is 2. The van der Waals surface area contributed by atoms with E-state index in [1.807, 2.05) is 23.7 Å². The summed E-state index contributed by atoms with van der Waals surface area (Å²) < 4.78 is 2.24. The minimum Gasteiger partial charge on any atom is -0.329 e. The van der Waals surface area contributed by atoms with Crippen LogP contribution in [0.2, 0.25) is 0 Å². The largest absolute Gasteiger partial charge is 0.329 e. The summed E-state index contributed by atoms with van der Waals surface area (Å²) >= 11 is 1.81. The lowest BCUT2D eigenvalue weighted by Gasteiger charge is -2.18. The van der Waals surface area contributed by atoms with E-state index in [0.29, 0.717) is 6.04 Å². The summed E-state index contributed by atoms with van der Waals surface area (Å²) in [4.78, 5) is 5.86. The van der Waals surface area contributed by atoms with Crippen LogP contribution in [0, 0.1) is 0 Å².